The molecule has 5 heteroatoms. The molecule has 0 aliphatic rings. The summed E-state index contributed by atoms with van der Waals surface area (Å²) in [5.41, 5.74) is 3.23. The molecule has 0 aliphatic carbocycles. The fraction of sp³-hybridized carbons (Fsp3) is 0.312. The van der Waals surface area contributed by atoms with Crippen LogP contribution in [0.1, 0.15) is 31.3 Å². The van der Waals surface area contributed by atoms with Crippen molar-refractivity contribution in [1.82, 2.24) is 19.5 Å². The molecule has 0 saturated heterocycles. The Hall–Kier alpha value is -2.43. The van der Waals surface area contributed by atoms with Gasteiger partial charge >= 0.3 is 0 Å². The zero-order chi connectivity index (χ0) is 14.8. The molecule has 1 aromatic carbocycles. The number of aromatic nitrogens is 4. The molecule has 0 bridgehead atoms. The van der Waals surface area contributed by atoms with Crippen LogP contribution in [0.5, 0.6) is 0 Å². The normalized spacial score (nSPS) is 12.5. The fourth-order valence-corrected chi connectivity index (χ4v) is 2.48. The van der Waals surface area contributed by atoms with E-state index in [0.717, 1.165) is 29.0 Å². The molecule has 3 rings (SSSR count). The number of imidazole rings is 1. The fourth-order valence-electron chi connectivity index (χ4n) is 2.48. The molecule has 3 aromatic rings. The average Bonchev–Trinajstić information content (AvgIpc) is 2.88. The first-order valence-electron chi connectivity index (χ1n) is 7.19. The Balaban J connectivity index is 1.93. The summed E-state index contributed by atoms with van der Waals surface area (Å²) in [6, 6.07) is 8.24. The number of aryl methyl sites for hydroxylation is 2. The minimum absolute atomic E-state index is 0.0417. The van der Waals surface area contributed by atoms with Gasteiger partial charge in [0.2, 0.25) is 5.95 Å². The highest BCUT2D eigenvalue weighted by molar-refractivity contribution is 5.76. The third-order valence-electron chi connectivity index (χ3n) is 3.51. The SMILES string of the molecule is CCn1c(C(C)Nc2ncc(C)cn2)nc2ccccc21. The van der Waals surface area contributed by atoms with Crippen LogP contribution in [0.15, 0.2) is 36.7 Å². The van der Waals surface area contributed by atoms with Crippen molar-refractivity contribution in [2.45, 2.75) is 33.4 Å². The lowest BCUT2D eigenvalue weighted by molar-refractivity contribution is 0.670. The van der Waals surface area contributed by atoms with Crippen LogP contribution in [0.25, 0.3) is 11.0 Å². The van der Waals surface area contributed by atoms with E-state index in [2.05, 4.69) is 39.8 Å². The molecular weight excluding hydrogens is 262 g/mol. The van der Waals surface area contributed by atoms with Gasteiger partial charge in [-0.05, 0) is 38.5 Å². The summed E-state index contributed by atoms with van der Waals surface area (Å²) in [5, 5.41) is 3.32. The summed E-state index contributed by atoms with van der Waals surface area (Å²) < 4.78 is 2.22. The van der Waals surface area contributed by atoms with Crippen LogP contribution < -0.4 is 5.32 Å². The second kappa shape index (κ2) is 5.52. The van der Waals surface area contributed by atoms with Gasteiger partial charge in [-0.25, -0.2) is 15.0 Å². The van der Waals surface area contributed by atoms with E-state index < -0.39 is 0 Å². The molecule has 2 heterocycles. The Morgan fingerprint density at radius 3 is 2.62 bits per heavy atom. The molecule has 5 nitrogen and oxygen atoms in total. The number of fused-ring (bicyclic) bond motifs is 1. The summed E-state index contributed by atoms with van der Waals surface area (Å²) in [7, 11) is 0. The van der Waals surface area contributed by atoms with Gasteiger partial charge in [-0.15, -0.1) is 0 Å². The monoisotopic (exact) mass is 281 g/mol. The van der Waals surface area contributed by atoms with Crippen molar-refractivity contribution in [3.63, 3.8) is 0 Å². The van der Waals surface area contributed by atoms with Crippen LogP contribution >= 0.6 is 0 Å². The van der Waals surface area contributed by atoms with Crippen molar-refractivity contribution in [3.8, 4) is 0 Å². The first-order chi connectivity index (χ1) is 10.2. The maximum Gasteiger partial charge on any atom is 0.223 e. The van der Waals surface area contributed by atoms with Gasteiger partial charge in [0.15, 0.2) is 0 Å². The van der Waals surface area contributed by atoms with Crippen LogP contribution in [0.2, 0.25) is 0 Å². The second-order valence-electron chi connectivity index (χ2n) is 5.15. The lowest BCUT2D eigenvalue weighted by Gasteiger charge is -2.15. The number of hydrogen-bond donors (Lipinski definition) is 1. The first-order valence-corrected chi connectivity index (χ1v) is 7.19. The Labute approximate surface area is 124 Å². The lowest BCUT2D eigenvalue weighted by atomic mass is 10.3. The Kier molecular flexibility index (Phi) is 3.56. The van der Waals surface area contributed by atoms with E-state index in [4.69, 9.17) is 4.98 Å². The zero-order valence-corrected chi connectivity index (χ0v) is 12.5. The quantitative estimate of drug-likeness (QED) is 0.797. The van der Waals surface area contributed by atoms with E-state index >= 15 is 0 Å². The first kappa shape index (κ1) is 13.5. The number of para-hydroxylation sites is 2. The second-order valence-corrected chi connectivity index (χ2v) is 5.15. The van der Waals surface area contributed by atoms with Gasteiger partial charge in [-0.3, -0.25) is 0 Å². The minimum atomic E-state index is 0.0417. The molecule has 21 heavy (non-hydrogen) atoms. The predicted octanol–water partition coefficient (Wildman–Crippen LogP) is 3.33. The number of nitrogens with one attached hydrogen (secondary N) is 1. The summed E-state index contributed by atoms with van der Waals surface area (Å²) in [6.45, 7) is 7.07. The van der Waals surface area contributed by atoms with Gasteiger partial charge in [0.1, 0.15) is 5.82 Å². The highest BCUT2D eigenvalue weighted by Gasteiger charge is 2.16. The number of anilines is 1. The molecule has 0 radical (unpaired) electrons. The molecule has 0 fully saturated rings. The lowest BCUT2D eigenvalue weighted by Crippen LogP contribution is -2.15. The van der Waals surface area contributed by atoms with Crippen molar-refractivity contribution in [2.24, 2.45) is 0 Å². The molecule has 0 aliphatic heterocycles. The van der Waals surface area contributed by atoms with Gasteiger partial charge < -0.3 is 9.88 Å². The number of benzene rings is 1. The van der Waals surface area contributed by atoms with Crippen LogP contribution in [-0.4, -0.2) is 19.5 Å². The summed E-state index contributed by atoms with van der Waals surface area (Å²) >= 11 is 0. The van der Waals surface area contributed by atoms with Crippen molar-refractivity contribution >= 4 is 17.0 Å². The standard InChI is InChI=1S/C16H19N5/c1-4-21-14-8-6-5-7-13(14)20-15(21)12(3)19-16-17-9-11(2)10-18-16/h5-10,12H,4H2,1-3H3,(H,17,18,19). The molecule has 0 saturated carbocycles. The number of rotatable bonds is 4. The predicted molar refractivity (Wildman–Crippen MR) is 84.2 cm³/mol. The van der Waals surface area contributed by atoms with Gasteiger partial charge in [0.05, 0.1) is 17.1 Å². The van der Waals surface area contributed by atoms with E-state index in [1.165, 1.54) is 0 Å². The molecule has 1 unspecified atom stereocenters. The maximum atomic E-state index is 4.74. The molecular formula is C16H19N5. The van der Waals surface area contributed by atoms with E-state index in [-0.39, 0.29) is 6.04 Å². The van der Waals surface area contributed by atoms with E-state index in [0.29, 0.717) is 5.95 Å². The highest BCUT2D eigenvalue weighted by atomic mass is 15.2. The highest BCUT2D eigenvalue weighted by Crippen LogP contribution is 2.22. The average molecular weight is 281 g/mol. The summed E-state index contributed by atoms with van der Waals surface area (Å²) in [6.07, 6.45) is 3.62. The van der Waals surface area contributed by atoms with Gasteiger partial charge in [-0.1, -0.05) is 12.1 Å². The summed E-state index contributed by atoms with van der Waals surface area (Å²) in [5.74, 6) is 1.63. The van der Waals surface area contributed by atoms with Crippen LogP contribution in [0, 0.1) is 6.92 Å². The van der Waals surface area contributed by atoms with E-state index in [1.807, 2.05) is 37.5 Å². The number of hydrogen-bond acceptors (Lipinski definition) is 4. The van der Waals surface area contributed by atoms with Gasteiger partial charge in [0.25, 0.3) is 0 Å². The third-order valence-corrected chi connectivity index (χ3v) is 3.51. The Morgan fingerprint density at radius 2 is 1.90 bits per heavy atom. The molecule has 0 spiro atoms. The van der Waals surface area contributed by atoms with E-state index in [1.54, 1.807) is 0 Å². The zero-order valence-electron chi connectivity index (χ0n) is 12.5. The smallest absolute Gasteiger partial charge is 0.223 e. The van der Waals surface area contributed by atoms with E-state index in [9.17, 15) is 0 Å². The van der Waals surface area contributed by atoms with Crippen LogP contribution in [-0.2, 0) is 6.54 Å². The van der Waals surface area contributed by atoms with Crippen molar-refractivity contribution < 1.29 is 0 Å². The maximum absolute atomic E-state index is 4.74. The van der Waals surface area contributed by atoms with Crippen molar-refractivity contribution in [1.29, 1.82) is 0 Å². The topological polar surface area (TPSA) is 55.6 Å². The van der Waals surface area contributed by atoms with Gasteiger partial charge in [0, 0.05) is 18.9 Å². The molecule has 0 amide bonds. The van der Waals surface area contributed by atoms with Crippen molar-refractivity contribution in [3.05, 3.63) is 48.0 Å². The minimum Gasteiger partial charge on any atom is -0.345 e. The molecule has 1 atom stereocenters. The third kappa shape index (κ3) is 2.59. The largest absolute Gasteiger partial charge is 0.345 e. The Morgan fingerprint density at radius 1 is 1.19 bits per heavy atom. The molecule has 108 valence electrons. The van der Waals surface area contributed by atoms with Crippen LogP contribution in [0.3, 0.4) is 0 Å². The Bertz CT molecular complexity index is 745. The van der Waals surface area contributed by atoms with Crippen molar-refractivity contribution in [2.75, 3.05) is 5.32 Å². The molecule has 2 aromatic heterocycles. The van der Waals surface area contributed by atoms with Gasteiger partial charge in [-0.2, -0.15) is 0 Å². The van der Waals surface area contributed by atoms with Crippen LogP contribution in [0.4, 0.5) is 5.95 Å². The molecule has 1 N–H and O–H groups in total. The summed E-state index contributed by atoms with van der Waals surface area (Å²) in [4.78, 5) is 13.3. The number of nitrogens with zero attached hydrogens (tertiary/aromatic N) is 4.